The highest BCUT2D eigenvalue weighted by Gasteiger charge is 1.97. The molecule has 17 heavy (non-hydrogen) atoms. The number of carbonyl (C=O) groups is 1. The normalized spacial score (nSPS) is 12.4. The summed E-state index contributed by atoms with van der Waals surface area (Å²) in [6, 6.07) is 0. The third-order valence-electron chi connectivity index (χ3n) is 2.66. The smallest absolute Gasteiger partial charge is 0.293 e. The molecule has 0 aliphatic rings. The van der Waals surface area contributed by atoms with Crippen molar-refractivity contribution in [2.75, 3.05) is 20.3 Å². The van der Waals surface area contributed by atoms with Crippen LogP contribution in [0.15, 0.2) is 0 Å². The number of unbranched alkanes of at least 4 members (excludes halogenated alkanes) is 6. The van der Waals surface area contributed by atoms with Crippen LogP contribution in [0.1, 0.15) is 51.9 Å². The minimum absolute atomic E-state index is 0.0900. The minimum atomic E-state index is -0.0900. The molecule has 4 nitrogen and oxygen atoms in total. The molecule has 4 heteroatoms. The summed E-state index contributed by atoms with van der Waals surface area (Å²) in [4.78, 5) is 9.87. The Hall–Kier alpha value is -0.610. The Morgan fingerprint density at radius 2 is 1.47 bits per heavy atom. The molecular weight excluding hydrogens is 220 g/mol. The van der Waals surface area contributed by atoms with Crippen LogP contribution in [0.3, 0.4) is 0 Å². The fraction of sp³-hybridized carbons (Fsp3) is 0.923. The van der Waals surface area contributed by atoms with E-state index in [2.05, 4.69) is 4.74 Å². The summed E-state index contributed by atoms with van der Waals surface area (Å²) in [5.74, 6) is 0. The monoisotopic (exact) mass is 246 g/mol. The number of hydrogen-bond acceptors (Lipinski definition) is 4. The standard InChI is InChI=1S/C13H26O4/c1-13(15-2)17-11-9-7-5-3-4-6-8-10-16-12-14/h12-13H,3-11H2,1-2H3. The molecule has 0 N–H and O–H groups in total. The summed E-state index contributed by atoms with van der Waals surface area (Å²) in [5.41, 5.74) is 0. The van der Waals surface area contributed by atoms with E-state index in [0.29, 0.717) is 13.1 Å². The third-order valence-corrected chi connectivity index (χ3v) is 2.66. The predicted molar refractivity (Wildman–Crippen MR) is 66.8 cm³/mol. The molecule has 1 unspecified atom stereocenters. The first-order chi connectivity index (χ1) is 8.31. The van der Waals surface area contributed by atoms with E-state index in [1.165, 1.54) is 25.7 Å². The van der Waals surface area contributed by atoms with Crippen LogP contribution in [-0.4, -0.2) is 33.1 Å². The van der Waals surface area contributed by atoms with Crippen molar-refractivity contribution in [1.29, 1.82) is 0 Å². The number of ether oxygens (including phenoxy) is 3. The second-order valence-electron chi connectivity index (χ2n) is 4.12. The molecule has 0 spiro atoms. The van der Waals surface area contributed by atoms with E-state index in [-0.39, 0.29) is 6.29 Å². The van der Waals surface area contributed by atoms with Crippen LogP contribution < -0.4 is 0 Å². The van der Waals surface area contributed by atoms with Crippen LogP contribution in [0.4, 0.5) is 0 Å². The third kappa shape index (κ3) is 13.3. The van der Waals surface area contributed by atoms with Gasteiger partial charge in [-0.05, 0) is 19.8 Å². The molecule has 0 fully saturated rings. The van der Waals surface area contributed by atoms with E-state index < -0.39 is 0 Å². The van der Waals surface area contributed by atoms with E-state index in [1.807, 2.05) is 6.92 Å². The lowest BCUT2D eigenvalue weighted by Gasteiger charge is -2.10. The summed E-state index contributed by atoms with van der Waals surface area (Å²) in [6.45, 7) is 3.76. The van der Waals surface area contributed by atoms with Gasteiger partial charge in [0, 0.05) is 13.7 Å². The SMILES string of the molecule is COC(C)OCCCCCCCCCOC=O. The topological polar surface area (TPSA) is 44.8 Å². The maximum Gasteiger partial charge on any atom is 0.293 e. The van der Waals surface area contributed by atoms with Crippen LogP contribution >= 0.6 is 0 Å². The highest BCUT2D eigenvalue weighted by Crippen LogP contribution is 2.07. The molecule has 102 valence electrons. The van der Waals surface area contributed by atoms with Crippen molar-refractivity contribution in [2.24, 2.45) is 0 Å². The molecule has 0 saturated carbocycles. The summed E-state index contributed by atoms with van der Waals surface area (Å²) < 4.78 is 15.0. The molecule has 0 amide bonds. The van der Waals surface area contributed by atoms with Crippen molar-refractivity contribution in [3.05, 3.63) is 0 Å². The van der Waals surface area contributed by atoms with Gasteiger partial charge in [-0.2, -0.15) is 0 Å². The number of methoxy groups -OCH3 is 1. The first-order valence-corrected chi connectivity index (χ1v) is 6.51. The van der Waals surface area contributed by atoms with Gasteiger partial charge in [-0.25, -0.2) is 0 Å². The molecule has 0 aromatic heterocycles. The second-order valence-corrected chi connectivity index (χ2v) is 4.12. The Balaban J connectivity index is 2.96. The van der Waals surface area contributed by atoms with E-state index in [0.717, 1.165) is 25.9 Å². The maximum absolute atomic E-state index is 9.87. The van der Waals surface area contributed by atoms with Crippen LogP contribution in [-0.2, 0) is 19.0 Å². The molecule has 1 atom stereocenters. The molecule has 0 radical (unpaired) electrons. The minimum Gasteiger partial charge on any atom is -0.468 e. The summed E-state index contributed by atoms with van der Waals surface area (Å²) in [6.07, 6.45) is 8.06. The highest BCUT2D eigenvalue weighted by atomic mass is 16.7. The van der Waals surface area contributed by atoms with Crippen molar-refractivity contribution in [1.82, 2.24) is 0 Å². The maximum atomic E-state index is 9.87. The lowest BCUT2D eigenvalue weighted by molar-refractivity contribution is -0.128. The van der Waals surface area contributed by atoms with Gasteiger partial charge in [-0.1, -0.05) is 32.1 Å². The Labute approximate surface area is 105 Å². The van der Waals surface area contributed by atoms with Crippen molar-refractivity contribution < 1.29 is 19.0 Å². The average Bonchev–Trinajstić information content (AvgIpc) is 2.35. The van der Waals surface area contributed by atoms with Crippen molar-refractivity contribution in [2.45, 2.75) is 58.2 Å². The van der Waals surface area contributed by atoms with Crippen molar-refractivity contribution in [3.63, 3.8) is 0 Å². The van der Waals surface area contributed by atoms with Gasteiger partial charge in [0.05, 0.1) is 6.61 Å². The van der Waals surface area contributed by atoms with E-state index >= 15 is 0 Å². The number of hydrogen-bond donors (Lipinski definition) is 0. The molecule has 0 aliphatic carbocycles. The van der Waals surface area contributed by atoms with Crippen LogP contribution in [0.25, 0.3) is 0 Å². The summed E-state index contributed by atoms with van der Waals surface area (Å²) >= 11 is 0. The van der Waals surface area contributed by atoms with Gasteiger partial charge in [0.15, 0.2) is 6.29 Å². The van der Waals surface area contributed by atoms with Gasteiger partial charge in [0.2, 0.25) is 0 Å². The van der Waals surface area contributed by atoms with Gasteiger partial charge in [0.25, 0.3) is 6.47 Å². The Morgan fingerprint density at radius 1 is 0.941 bits per heavy atom. The van der Waals surface area contributed by atoms with E-state index in [1.54, 1.807) is 7.11 Å². The zero-order chi connectivity index (χ0) is 12.8. The quantitative estimate of drug-likeness (QED) is 0.285. The highest BCUT2D eigenvalue weighted by molar-refractivity contribution is 5.36. The lowest BCUT2D eigenvalue weighted by atomic mass is 10.1. The molecule has 0 aliphatic heterocycles. The lowest BCUT2D eigenvalue weighted by Crippen LogP contribution is -2.10. The predicted octanol–water partition coefficient (Wildman–Crippen LogP) is 2.90. The first kappa shape index (κ1) is 16.4. The summed E-state index contributed by atoms with van der Waals surface area (Å²) in [7, 11) is 1.65. The molecule has 0 aromatic rings. The molecular formula is C13H26O4. The molecule has 0 saturated heterocycles. The van der Waals surface area contributed by atoms with Gasteiger partial charge in [0.1, 0.15) is 0 Å². The van der Waals surface area contributed by atoms with Crippen LogP contribution in [0, 0.1) is 0 Å². The average molecular weight is 246 g/mol. The van der Waals surface area contributed by atoms with Gasteiger partial charge < -0.3 is 14.2 Å². The second kappa shape index (κ2) is 13.5. The van der Waals surface area contributed by atoms with E-state index in [4.69, 9.17) is 9.47 Å². The van der Waals surface area contributed by atoms with Gasteiger partial charge in [-0.15, -0.1) is 0 Å². The molecule has 0 rings (SSSR count). The molecule has 0 heterocycles. The van der Waals surface area contributed by atoms with E-state index in [9.17, 15) is 4.79 Å². The molecule has 0 aromatic carbocycles. The zero-order valence-electron chi connectivity index (χ0n) is 11.2. The zero-order valence-corrected chi connectivity index (χ0v) is 11.2. The van der Waals surface area contributed by atoms with Gasteiger partial charge >= 0.3 is 0 Å². The Bertz CT molecular complexity index is 161. The van der Waals surface area contributed by atoms with Gasteiger partial charge in [-0.3, -0.25) is 4.79 Å². The van der Waals surface area contributed by atoms with Crippen LogP contribution in [0.2, 0.25) is 0 Å². The number of carbonyl (C=O) groups excluding carboxylic acids is 1. The fourth-order valence-corrected chi connectivity index (χ4v) is 1.54. The number of rotatable bonds is 13. The molecule has 0 bridgehead atoms. The Kier molecular flexibility index (Phi) is 13.0. The summed E-state index contributed by atoms with van der Waals surface area (Å²) in [5, 5.41) is 0. The Morgan fingerprint density at radius 3 is 2.00 bits per heavy atom. The fourth-order valence-electron chi connectivity index (χ4n) is 1.54. The van der Waals surface area contributed by atoms with Crippen LogP contribution in [0.5, 0.6) is 0 Å². The first-order valence-electron chi connectivity index (χ1n) is 6.51. The van der Waals surface area contributed by atoms with Crippen molar-refractivity contribution >= 4 is 6.47 Å². The largest absolute Gasteiger partial charge is 0.468 e. The van der Waals surface area contributed by atoms with Crippen molar-refractivity contribution in [3.8, 4) is 0 Å².